The number of nitro benzene ring substituents is 1. The van der Waals surface area contributed by atoms with Crippen LogP contribution in [0.2, 0.25) is 0 Å². The highest BCUT2D eigenvalue weighted by molar-refractivity contribution is 5.92. The van der Waals surface area contributed by atoms with E-state index in [1.54, 1.807) is 0 Å². The van der Waals surface area contributed by atoms with Gasteiger partial charge in [0.2, 0.25) is 5.91 Å². The number of nitro groups is 1. The minimum atomic E-state index is -1.10. The van der Waals surface area contributed by atoms with Gasteiger partial charge >= 0.3 is 5.97 Å². The quantitative estimate of drug-likeness (QED) is 0.578. The smallest absolute Gasteiger partial charge is 0.338 e. The normalized spacial score (nSPS) is 10.2. The lowest BCUT2D eigenvalue weighted by atomic mass is 10.2. The molecule has 10 nitrogen and oxygen atoms in total. The largest absolute Gasteiger partial charge is 0.494 e. The molecule has 0 aliphatic carbocycles. The second kappa shape index (κ2) is 7.22. The highest BCUT2D eigenvalue weighted by Crippen LogP contribution is 2.29. The second-order valence-corrected chi connectivity index (χ2v) is 4.74. The summed E-state index contributed by atoms with van der Waals surface area (Å²) in [6.45, 7) is 0.189. The number of aryl methyl sites for hydroxylation is 1. The predicted octanol–water partition coefficient (Wildman–Crippen LogP) is 1.53. The Balaban J connectivity index is 1.98. The van der Waals surface area contributed by atoms with Gasteiger partial charge in [0.15, 0.2) is 0 Å². The van der Waals surface area contributed by atoms with Gasteiger partial charge in [0.25, 0.3) is 5.69 Å². The number of nitrogens with one attached hydrogen (secondary N) is 1. The summed E-state index contributed by atoms with van der Waals surface area (Å²) >= 11 is 0. The Morgan fingerprint density at radius 3 is 2.79 bits per heavy atom. The Labute approximate surface area is 135 Å². The number of nitrogens with zero attached hydrogens (tertiary/aromatic N) is 3. The van der Waals surface area contributed by atoms with Crippen LogP contribution in [-0.4, -0.2) is 38.8 Å². The number of aromatic carboxylic acids is 1. The monoisotopic (exact) mass is 334 g/mol. The number of ether oxygens (including phenoxy) is 1. The molecule has 126 valence electrons. The van der Waals surface area contributed by atoms with Crippen LogP contribution in [0.1, 0.15) is 16.8 Å². The lowest BCUT2D eigenvalue weighted by Gasteiger charge is -2.10. The van der Waals surface area contributed by atoms with Crippen LogP contribution in [0.5, 0.6) is 5.75 Å². The summed E-state index contributed by atoms with van der Waals surface area (Å²) in [6, 6.07) is 3.85. The fraction of sp³-hybridized carbons (Fsp3) is 0.214. The molecular formula is C14H14N4O6. The van der Waals surface area contributed by atoms with Crippen LogP contribution in [0.3, 0.4) is 0 Å². The molecule has 0 radical (unpaired) electrons. The van der Waals surface area contributed by atoms with E-state index in [1.165, 1.54) is 42.4 Å². The molecule has 0 bridgehead atoms. The van der Waals surface area contributed by atoms with Gasteiger partial charge in [-0.25, -0.2) is 4.79 Å². The summed E-state index contributed by atoms with van der Waals surface area (Å²) in [5.41, 5.74) is 0.190. The summed E-state index contributed by atoms with van der Waals surface area (Å²) in [6.07, 6.45) is 2.56. The lowest BCUT2D eigenvalue weighted by Crippen LogP contribution is -2.15. The number of carboxylic acids is 1. The SMILES string of the molecule is COc1cc([N+](=O)[O-])ccc1NC(=O)CCn1cc(C(=O)O)cn1. The van der Waals surface area contributed by atoms with Gasteiger partial charge in [0.1, 0.15) is 5.75 Å². The van der Waals surface area contributed by atoms with Gasteiger partial charge in [-0.2, -0.15) is 5.10 Å². The summed E-state index contributed by atoms with van der Waals surface area (Å²) < 4.78 is 6.37. The second-order valence-electron chi connectivity index (χ2n) is 4.74. The molecule has 1 heterocycles. The highest BCUT2D eigenvalue weighted by atomic mass is 16.6. The van der Waals surface area contributed by atoms with Crippen molar-refractivity contribution in [2.45, 2.75) is 13.0 Å². The average molecular weight is 334 g/mol. The molecule has 2 rings (SSSR count). The van der Waals surface area contributed by atoms with E-state index in [1.807, 2.05) is 0 Å². The minimum Gasteiger partial charge on any atom is -0.494 e. The Morgan fingerprint density at radius 2 is 2.21 bits per heavy atom. The number of amides is 1. The van der Waals surface area contributed by atoms with Crippen molar-refractivity contribution in [3.05, 3.63) is 46.3 Å². The third kappa shape index (κ3) is 4.06. The Hall–Kier alpha value is -3.43. The highest BCUT2D eigenvalue weighted by Gasteiger charge is 2.14. The summed E-state index contributed by atoms with van der Waals surface area (Å²) in [5.74, 6) is -1.29. The number of benzene rings is 1. The number of hydrogen-bond donors (Lipinski definition) is 2. The minimum absolute atomic E-state index is 0.0347. The number of anilines is 1. The number of aromatic nitrogens is 2. The number of carbonyl (C=O) groups is 2. The molecule has 1 aromatic heterocycles. The third-order valence-corrected chi connectivity index (χ3v) is 3.12. The molecule has 0 aliphatic rings. The van der Waals surface area contributed by atoms with Crippen LogP contribution in [0.4, 0.5) is 11.4 Å². The Bertz CT molecular complexity index is 785. The zero-order chi connectivity index (χ0) is 17.7. The topological polar surface area (TPSA) is 137 Å². The van der Waals surface area contributed by atoms with Crippen molar-refractivity contribution in [3.8, 4) is 5.75 Å². The van der Waals surface area contributed by atoms with Crippen molar-refractivity contribution < 1.29 is 24.4 Å². The standard InChI is InChI=1S/C14H14N4O6/c1-24-12-6-10(18(22)23)2-3-11(12)16-13(19)4-5-17-8-9(7-15-17)14(20)21/h2-3,6-8H,4-5H2,1H3,(H,16,19)(H,20,21). The third-order valence-electron chi connectivity index (χ3n) is 3.12. The number of methoxy groups -OCH3 is 1. The van der Waals surface area contributed by atoms with Gasteiger partial charge < -0.3 is 15.2 Å². The molecule has 0 spiro atoms. The molecule has 0 atom stereocenters. The predicted molar refractivity (Wildman–Crippen MR) is 82.1 cm³/mol. The zero-order valence-corrected chi connectivity index (χ0v) is 12.6. The van der Waals surface area contributed by atoms with Crippen molar-refractivity contribution >= 4 is 23.3 Å². The van der Waals surface area contributed by atoms with Crippen molar-refractivity contribution in [2.75, 3.05) is 12.4 Å². The zero-order valence-electron chi connectivity index (χ0n) is 12.6. The van der Waals surface area contributed by atoms with Gasteiger partial charge in [-0.3, -0.25) is 19.6 Å². The molecule has 0 fully saturated rings. The molecule has 1 aromatic carbocycles. The van der Waals surface area contributed by atoms with Crippen molar-refractivity contribution in [2.24, 2.45) is 0 Å². The van der Waals surface area contributed by atoms with Crippen molar-refractivity contribution in [1.29, 1.82) is 0 Å². The van der Waals surface area contributed by atoms with E-state index in [0.717, 1.165) is 0 Å². The first-order valence-corrected chi connectivity index (χ1v) is 6.78. The fourth-order valence-corrected chi connectivity index (χ4v) is 1.92. The lowest BCUT2D eigenvalue weighted by molar-refractivity contribution is -0.384. The van der Waals surface area contributed by atoms with Crippen LogP contribution >= 0.6 is 0 Å². The van der Waals surface area contributed by atoms with Crippen LogP contribution in [-0.2, 0) is 11.3 Å². The molecule has 2 aromatic rings. The number of rotatable bonds is 7. The molecule has 24 heavy (non-hydrogen) atoms. The van der Waals surface area contributed by atoms with Crippen molar-refractivity contribution in [1.82, 2.24) is 9.78 Å². The maximum atomic E-state index is 12.0. The number of non-ortho nitro benzene ring substituents is 1. The maximum absolute atomic E-state index is 12.0. The van der Waals surface area contributed by atoms with Crippen LogP contribution in [0.15, 0.2) is 30.6 Å². The molecular weight excluding hydrogens is 320 g/mol. The average Bonchev–Trinajstić information content (AvgIpc) is 3.02. The van der Waals surface area contributed by atoms with Gasteiger partial charge in [-0.15, -0.1) is 0 Å². The van der Waals surface area contributed by atoms with E-state index in [0.29, 0.717) is 5.69 Å². The summed E-state index contributed by atoms with van der Waals surface area (Å²) in [4.78, 5) is 32.9. The number of hydrogen-bond acceptors (Lipinski definition) is 6. The first-order chi connectivity index (χ1) is 11.4. The van der Waals surface area contributed by atoms with E-state index in [9.17, 15) is 19.7 Å². The van der Waals surface area contributed by atoms with Crippen LogP contribution in [0.25, 0.3) is 0 Å². The number of carboxylic acid groups (broad SMARTS) is 1. The first-order valence-electron chi connectivity index (χ1n) is 6.78. The summed E-state index contributed by atoms with van der Waals surface area (Å²) in [7, 11) is 1.34. The molecule has 10 heteroatoms. The number of carbonyl (C=O) groups excluding carboxylic acids is 1. The van der Waals surface area contributed by atoms with Crippen LogP contribution < -0.4 is 10.1 Å². The van der Waals surface area contributed by atoms with Gasteiger partial charge in [-0.05, 0) is 6.07 Å². The Kier molecular flexibility index (Phi) is 5.09. The molecule has 0 aliphatic heterocycles. The Morgan fingerprint density at radius 1 is 1.46 bits per heavy atom. The molecule has 0 unspecified atom stereocenters. The maximum Gasteiger partial charge on any atom is 0.338 e. The fourth-order valence-electron chi connectivity index (χ4n) is 1.92. The summed E-state index contributed by atoms with van der Waals surface area (Å²) in [5, 5.41) is 25.9. The molecule has 0 saturated heterocycles. The van der Waals surface area contributed by atoms with Crippen molar-refractivity contribution in [3.63, 3.8) is 0 Å². The molecule has 1 amide bonds. The van der Waals surface area contributed by atoms with E-state index in [2.05, 4.69) is 10.4 Å². The van der Waals surface area contributed by atoms with E-state index >= 15 is 0 Å². The van der Waals surface area contributed by atoms with E-state index in [4.69, 9.17) is 9.84 Å². The first kappa shape index (κ1) is 16.9. The molecule has 0 saturated carbocycles. The van der Waals surface area contributed by atoms with Gasteiger partial charge in [0.05, 0.1) is 35.5 Å². The van der Waals surface area contributed by atoms with E-state index < -0.39 is 10.9 Å². The van der Waals surface area contributed by atoms with Gasteiger partial charge in [-0.1, -0.05) is 0 Å². The van der Waals surface area contributed by atoms with Gasteiger partial charge in [0, 0.05) is 25.2 Å². The van der Waals surface area contributed by atoms with E-state index in [-0.39, 0.29) is 35.9 Å². The molecule has 2 N–H and O–H groups in total. The van der Waals surface area contributed by atoms with Crippen LogP contribution in [0, 0.1) is 10.1 Å².